The van der Waals surface area contributed by atoms with E-state index in [0.29, 0.717) is 55.9 Å². The minimum Gasteiger partial charge on any atom is -0.496 e. The van der Waals surface area contributed by atoms with Gasteiger partial charge in [0.15, 0.2) is 11.5 Å². The molecule has 0 N–H and O–H groups in total. The number of ether oxygens (including phenoxy) is 3. The molecule has 10 heteroatoms. The number of aromatic nitrogens is 3. The lowest BCUT2D eigenvalue weighted by Gasteiger charge is -2.11. The van der Waals surface area contributed by atoms with Crippen molar-refractivity contribution in [1.82, 2.24) is 14.6 Å². The molecular formula is C30H24ClN3O5S. The van der Waals surface area contributed by atoms with Crippen molar-refractivity contribution < 1.29 is 23.4 Å². The van der Waals surface area contributed by atoms with Crippen LogP contribution in [0, 0.1) is 6.92 Å². The SMILES string of the molecule is COc1cc(OCc2cccc(CC(=O)c3cccc(C)c3Cl)c2)c2cc(-c3cn4nc(OC)sc4n3)oc2c1. The van der Waals surface area contributed by atoms with E-state index in [0.717, 1.165) is 22.1 Å². The third-order valence-corrected chi connectivity index (χ3v) is 7.89. The number of carbonyl (C=O) groups excluding carboxylic acids is 1. The van der Waals surface area contributed by atoms with Crippen LogP contribution in [-0.4, -0.2) is 34.6 Å². The fraction of sp³-hybridized carbons (Fsp3) is 0.167. The zero-order valence-electron chi connectivity index (χ0n) is 21.9. The van der Waals surface area contributed by atoms with E-state index in [1.165, 1.54) is 11.3 Å². The summed E-state index contributed by atoms with van der Waals surface area (Å²) in [5.74, 6) is 1.77. The summed E-state index contributed by atoms with van der Waals surface area (Å²) in [7, 11) is 3.17. The van der Waals surface area contributed by atoms with Gasteiger partial charge in [-0.1, -0.05) is 48.0 Å². The van der Waals surface area contributed by atoms with E-state index < -0.39 is 0 Å². The van der Waals surface area contributed by atoms with Gasteiger partial charge in [-0.2, -0.15) is 0 Å². The monoisotopic (exact) mass is 573 g/mol. The predicted octanol–water partition coefficient (Wildman–Crippen LogP) is 7.19. The summed E-state index contributed by atoms with van der Waals surface area (Å²) in [5, 5.41) is 6.15. The number of halogens is 1. The van der Waals surface area contributed by atoms with Crippen LogP contribution in [-0.2, 0) is 13.0 Å². The fourth-order valence-electron chi connectivity index (χ4n) is 4.46. The number of fused-ring (bicyclic) bond motifs is 2. The van der Waals surface area contributed by atoms with E-state index in [2.05, 4.69) is 10.1 Å². The van der Waals surface area contributed by atoms with Gasteiger partial charge in [-0.3, -0.25) is 4.79 Å². The quantitative estimate of drug-likeness (QED) is 0.169. The van der Waals surface area contributed by atoms with E-state index in [-0.39, 0.29) is 12.2 Å². The van der Waals surface area contributed by atoms with Crippen molar-refractivity contribution in [2.75, 3.05) is 14.2 Å². The van der Waals surface area contributed by atoms with Crippen molar-refractivity contribution in [2.24, 2.45) is 0 Å². The van der Waals surface area contributed by atoms with Crippen LogP contribution in [0.2, 0.25) is 5.02 Å². The molecule has 0 radical (unpaired) electrons. The van der Waals surface area contributed by atoms with Crippen molar-refractivity contribution in [2.45, 2.75) is 20.0 Å². The standard InChI is InChI=1S/C30H24ClN3O5S/c1-17-6-4-9-21(28(17)31)24(35)11-18-7-5-8-19(10-18)16-38-25-12-20(36-2)13-26-22(25)14-27(39-26)23-15-34-29(32-23)40-30(33-34)37-3/h4-10,12-15H,11,16H2,1-3H3. The number of hydrogen-bond acceptors (Lipinski definition) is 8. The van der Waals surface area contributed by atoms with Crippen LogP contribution >= 0.6 is 22.9 Å². The van der Waals surface area contributed by atoms with E-state index in [9.17, 15) is 4.79 Å². The molecule has 3 aromatic carbocycles. The minimum absolute atomic E-state index is 0.0278. The van der Waals surface area contributed by atoms with E-state index in [1.807, 2.05) is 61.5 Å². The van der Waals surface area contributed by atoms with Crippen molar-refractivity contribution in [3.8, 4) is 28.1 Å². The molecule has 3 heterocycles. The first kappa shape index (κ1) is 25.9. The number of carbonyl (C=O) groups is 1. The molecule has 0 saturated heterocycles. The maximum atomic E-state index is 12.9. The molecular weight excluding hydrogens is 550 g/mol. The van der Waals surface area contributed by atoms with Gasteiger partial charge in [0.1, 0.15) is 29.4 Å². The summed E-state index contributed by atoms with van der Waals surface area (Å²) < 4.78 is 24.7. The van der Waals surface area contributed by atoms with Gasteiger partial charge in [0.05, 0.1) is 30.8 Å². The molecule has 0 atom stereocenters. The Morgan fingerprint density at radius 3 is 2.67 bits per heavy atom. The van der Waals surface area contributed by atoms with Gasteiger partial charge in [0.2, 0.25) is 4.96 Å². The summed E-state index contributed by atoms with van der Waals surface area (Å²) in [5.41, 5.74) is 4.48. The lowest BCUT2D eigenvalue weighted by atomic mass is 10.00. The van der Waals surface area contributed by atoms with Crippen LogP contribution in [0.5, 0.6) is 16.7 Å². The average molecular weight is 574 g/mol. The third kappa shape index (κ3) is 5.01. The zero-order chi connectivity index (χ0) is 27.8. The van der Waals surface area contributed by atoms with Gasteiger partial charge in [-0.05, 0) is 47.1 Å². The average Bonchev–Trinajstić information content (AvgIpc) is 3.66. The Bertz CT molecular complexity index is 1840. The molecule has 0 spiro atoms. The van der Waals surface area contributed by atoms with Gasteiger partial charge in [-0.25, -0.2) is 9.50 Å². The molecule has 0 fully saturated rings. The first-order valence-corrected chi connectivity index (χ1v) is 13.6. The van der Waals surface area contributed by atoms with Gasteiger partial charge in [0, 0.05) is 24.1 Å². The Balaban J connectivity index is 1.23. The van der Waals surface area contributed by atoms with Gasteiger partial charge in [0.25, 0.3) is 5.19 Å². The molecule has 8 nitrogen and oxygen atoms in total. The van der Waals surface area contributed by atoms with E-state index >= 15 is 0 Å². The van der Waals surface area contributed by atoms with Crippen LogP contribution < -0.4 is 14.2 Å². The Morgan fingerprint density at radius 2 is 1.88 bits per heavy atom. The lowest BCUT2D eigenvalue weighted by Crippen LogP contribution is -2.06. The summed E-state index contributed by atoms with van der Waals surface area (Å²) in [6.45, 7) is 2.18. The largest absolute Gasteiger partial charge is 0.496 e. The first-order chi connectivity index (χ1) is 19.4. The first-order valence-electron chi connectivity index (χ1n) is 12.4. The number of methoxy groups -OCH3 is 2. The van der Waals surface area contributed by atoms with Crippen LogP contribution in [0.25, 0.3) is 27.4 Å². The number of imidazole rings is 1. The number of furan rings is 1. The predicted molar refractivity (Wildman–Crippen MR) is 154 cm³/mol. The zero-order valence-corrected chi connectivity index (χ0v) is 23.5. The number of benzene rings is 3. The Morgan fingerprint density at radius 1 is 1.05 bits per heavy atom. The molecule has 0 saturated carbocycles. The highest BCUT2D eigenvalue weighted by molar-refractivity contribution is 7.18. The van der Waals surface area contributed by atoms with Gasteiger partial charge in [-0.15, -0.1) is 5.10 Å². The molecule has 202 valence electrons. The van der Waals surface area contributed by atoms with E-state index in [1.54, 1.807) is 31.0 Å². The second-order valence-electron chi connectivity index (χ2n) is 9.22. The smallest absolute Gasteiger partial charge is 0.294 e. The van der Waals surface area contributed by atoms with Crippen LogP contribution in [0.15, 0.2) is 71.3 Å². The Hall–Kier alpha value is -4.34. The molecule has 0 aliphatic carbocycles. The van der Waals surface area contributed by atoms with Crippen LogP contribution in [0.4, 0.5) is 0 Å². The maximum Gasteiger partial charge on any atom is 0.294 e. The number of nitrogens with zero attached hydrogens (tertiary/aromatic N) is 3. The topological polar surface area (TPSA) is 88.1 Å². The second kappa shape index (κ2) is 10.7. The number of Topliss-reactive ketones (excluding diaryl/α,β-unsaturated/α-hetero) is 1. The van der Waals surface area contributed by atoms with Crippen LogP contribution in [0.1, 0.15) is 27.0 Å². The maximum absolute atomic E-state index is 12.9. The highest BCUT2D eigenvalue weighted by atomic mass is 35.5. The fourth-order valence-corrected chi connectivity index (χ4v) is 5.39. The summed E-state index contributed by atoms with van der Waals surface area (Å²) in [4.78, 5) is 18.2. The molecule has 0 unspecified atom stereocenters. The number of rotatable bonds is 9. The molecule has 40 heavy (non-hydrogen) atoms. The van der Waals surface area contributed by atoms with Crippen molar-refractivity contribution in [1.29, 1.82) is 0 Å². The minimum atomic E-state index is -0.0278. The van der Waals surface area contributed by atoms with Gasteiger partial charge < -0.3 is 18.6 Å². The summed E-state index contributed by atoms with van der Waals surface area (Å²) >= 11 is 7.72. The van der Waals surface area contributed by atoms with Gasteiger partial charge >= 0.3 is 0 Å². The summed E-state index contributed by atoms with van der Waals surface area (Å²) in [6.07, 6.45) is 2.04. The van der Waals surface area contributed by atoms with E-state index in [4.69, 9.17) is 30.2 Å². The summed E-state index contributed by atoms with van der Waals surface area (Å²) in [6, 6.07) is 18.8. The molecule has 6 aromatic rings. The molecule has 0 bridgehead atoms. The molecule has 0 aliphatic rings. The highest BCUT2D eigenvalue weighted by Gasteiger charge is 2.18. The van der Waals surface area contributed by atoms with Crippen molar-refractivity contribution >= 4 is 44.7 Å². The highest BCUT2D eigenvalue weighted by Crippen LogP contribution is 2.37. The Labute approximate surface area is 238 Å². The molecule has 3 aromatic heterocycles. The number of ketones is 1. The normalized spacial score (nSPS) is 11.3. The number of hydrogen-bond donors (Lipinski definition) is 0. The molecule has 6 rings (SSSR count). The number of aryl methyl sites for hydroxylation is 1. The van der Waals surface area contributed by atoms with Crippen LogP contribution in [0.3, 0.4) is 0 Å². The molecule has 0 amide bonds. The second-order valence-corrected chi connectivity index (χ2v) is 10.5. The lowest BCUT2D eigenvalue weighted by molar-refractivity contribution is 0.0993. The van der Waals surface area contributed by atoms with Crippen molar-refractivity contribution in [3.63, 3.8) is 0 Å². The Kier molecular flexibility index (Phi) is 6.91. The van der Waals surface area contributed by atoms with Crippen molar-refractivity contribution in [3.05, 3.63) is 94.1 Å². The molecule has 0 aliphatic heterocycles. The third-order valence-electron chi connectivity index (χ3n) is 6.50.